The number of aliphatic hydroxyl groups is 1. The van der Waals surface area contributed by atoms with Crippen LogP contribution in [0.2, 0.25) is 0 Å². The normalized spacial score (nSPS) is 30.8. The number of hydrogen-bond acceptors (Lipinski definition) is 6. The minimum Gasteiger partial charge on any atom is -0.465 e. The van der Waals surface area contributed by atoms with E-state index in [2.05, 4.69) is 27.0 Å². The van der Waals surface area contributed by atoms with Gasteiger partial charge in [-0.15, -0.1) is 24.9 Å². The molecule has 0 aromatic carbocycles. The summed E-state index contributed by atoms with van der Waals surface area (Å²) in [6.07, 6.45) is 11.0. The molecule has 3 aliphatic rings. The average Bonchev–Trinajstić information content (AvgIpc) is 3.45. The number of rotatable bonds is 16. The standard InChI is InChI=1S/C29H46N2O5S/c1-6-10-12-14-19-36-27(35)23-22-25(33)31(21(9-4)20-32)24(29(22)16-15-28(23,5)37-29)26(34)30(17-8-3)18-13-11-7-2/h6,8,21-24,32H,1,3,7,9-20H2,2,4-5H3/t21-,22-,23+,24?,28-,29?/m0/s1. The van der Waals surface area contributed by atoms with Gasteiger partial charge in [0.2, 0.25) is 11.8 Å². The number of hydrogen-bond donors (Lipinski definition) is 1. The van der Waals surface area contributed by atoms with Crippen molar-refractivity contribution >= 4 is 29.5 Å². The summed E-state index contributed by atoms with van der Waals surface area (Å²) < 4.78 is 4.58. The second-order valence-corrected chi connectivity index (χ2v) is 12.8. The van der Waals surface area contributed by atoms with E-state index in [9.17, 15) is 19.5 Å². The fourth-order valence-corrected chi connectivity index (χ4v) is 8.96. The lowest BCUT2D eigenvalue weighted by atomic mass is 9.66. The molecule has 7 nitrogen and oxygen atoms in total. The lowest BCUT2D eigenvalue weighted by Crippen LogP contribution is -2.57. The number of esters is 1. The first-order valence-electron chi connectivity index (χ1n) is 14.1. The summed E-state index contributed by atoms with van der Waals surface area (Å²) in [5.74, 6) is -1.82. The highest BCUT2D eigenvalue weighted by molar-refractivity contribution is 8.02. The van der Waals surface area contributed by atoms with Crippen molar-refractivity contribution in [3.63, 3.8) is 0 Å². The van der Waals surface area contributed by atoms with Gasteiger partial charge < -0.3 is 19.6 Å². The zero-order chi connectivity index (χ0) is 27.2. The van der Waals surface area contributed by atoms with Gasteiger partial charge in [-0.25, -0.2) is 0 Å². The van der Waals surface area contributed by atoms with E-state index in [0.717, 1.165) is 44.9 Å². The van der Waals surface area contributed by atoms with E-state index in [1.165, 1.54) is 0 Å². The van der Waals surface area contributed by atoms with Crippen molar-refractivity contribution < 1.29 is 24.2 Å². The molecule has 0 aromatic rings. The van der Waals surface area contributed by atoms with Crippen molar-refractivity contribution in [3.05, 3.63) is 25.3 Å². The van der Waals surface area contributed by atoms with Gasteiger partial charge >= 0.3 is 5.97 Å². The number of thioether (sulfide) groups is 1. The summed E-state index contributed by atoms with van der Waals surface area (Å²) in [6.45, 7) is 14.8. The van der Waals surface area contributed by atoms with Crippen molar-refractivity contribution in [1.29, 1.82) is 0 Å². The first kappa shape index (κ1) is 29.8. The van der Waals surface area contributed by atoms with E-state index in [0.29, 0.717) is 32.5 Å². The number of amides is 2. The van der Waals surface area contributed by atoms with Crippen LogP contribution in [0.25, 0.3) is 0 Å². The second-order valence-electron chi connectivity index (χ2n) is 10.9. The summed E-state index contributed by atoms with van der Waals surface area (Å²) in [6, 6.07) is -1.17. The van der Waals surface area contributed by atoms with Crippen LogP contribution < -0.4 is 0 Å². The Morgan fingerprint density at radius 1 is 1.22 bits per heavy atom. The van der Waals surface area contributed by atoms with Gasteiger partial charge in [-0.3, -0.25) is 14.4 Å². The Hall–Kier alpha value is -1.80. The molecule has 1 spiro atoms. The molecule has 3 rings (SSSR count). The van der Waals surface area contributed by atoms with Crippen LogP contribution in [-0.4, -0.2) is 80.6 Å². The molecule has 6 atom stereocenters. The maximum Gasteiger partial charge on any atom is 0.311 e. The number of fused-ring (bicyclic) bond motifs is 1. The van der Waals surface area contributed by atoms with Gasteiger partial charge in [-0.05, 0) is 51.9 Å². The average molecular weight is 535 g/mol. The molecule has 3 aliphatic heterocycles. The van der Waals surface area contributed by atoms with Crippen molar-refractivity contribution in [1.82, 2.24) is 9.80 Å². The topological polar surface area (TPSA) is 87.1 Å². The second kappa shape index (κ2) is 12.8. The molecule has 0 aliphatic carbocycles. The summed E-state index contributed by atoms with van der Waals surface area (Å²) in [7, 11) is 0. The van der Waals surface area contributed by atoms with Crippen molar-refractivity contribution in [2.75, 3.05) is 26.3 Å². The van der Waals surface area contributed by atoms with Crippen LogP contribution in [0.15, 0.2) is 25.3 Å². The van der Waals surface area contributed by atoms with Crippen molar-refractivity contribution in [3.8, 4) is 0 Å². The molecule has 1 N–H and O–H groups in total. The van der Waals surface area contributed by atoms with Gasteiger partial charge in [0, 0.05) is 17.8 Å². The number of carbonyl (C=O) groups excluding carboxylic acids is 3. The monoisotopic (exact) mass is 534 g/mol. The minimum atomic E-state index is -0.708. The van der Waals surface area contributed by atoms with E-state index < -0.39 is 33.4 Å². The van der Waals surface area contributed by atoms with Crippen LogP contribution in [0, 0.1) is 11.8 Å². The van der Waals surface area contributed by atoms with E-state index in [-0.39, 0.29) is 24.4 Å². The number of aliphatic hydroxyl groups excluding tert-OH is 1. The van der Waals surface area contributed by atoms with Crippen LogP contribution in [0.5, 0.6) is 0 Å². The number of likely N-dealkylation sites (tertiary alicyclic amines) is 1. The highest BCUT2D eigenvalue weighted by Gasteiger charge is 2.78. The smallest absolute Gasteiger partial charge is 0.311 e. The third-order valence-corrected chi connectivity index (χ3v) is 10.5. The van der Waals surface area contributed by atoms with Gasteiger partial charge in [0.05, 0.1) is 35.8 Å². The third kappa shape index (κ3) is 5.51. The van der Waals surface area contributed by atoms with Crippen molar-refractivity contribution in [2.24, 2.45) is 11.8 Å². The molecule has 3 fully saturated rings. The Morgan fingerprint density at radius 2 is 1.97 bits per heavy atom. The minimum absolute atomic E-state index is 0.0889. The molecule has 2 bridgehead atoms. The highest BCUT2D eigenvalue weighted by Crippen LogP contribution is 2.71. The zero-order valence-electron chi connectivity index (χ0n) is 23.0. The van der Waals surface area contributed by atoms with E-state index >= 15 is 0 Å². The summed E-state index contributed by atoms with van der Waals surface area (Å²) >= 11 is 1.65. The Kier molecular flexibility index (Phi) is 10.3. The Morgan fingerprint density at radius 3 is 2.59 bits per heavy atom. The molecule has 0 radical (unpaired) electrons. The largest absolute Gasteiger partial charge is 0.465 e. The maximum absolute atomic E-state index is 14.3. The molecule has 0 aromatic heterocycles. The van der Waals surface area contributed by atoms with Crippen LogP contribution in [0.1, 0.15) is 78.6 Å². The maximum atomic E-state index is 14.3. The zero-order valence-corrected chi connectivity index (χ0v) is 23.8. The lowest BCUT2D eigenvalue weighted by molar-refractivity contribution is -0.156. The Labute approximate surface area is 227 Å². The SMILES string of the molecule is C=CCCCCOC(=O)[C@H]1[C@H]2C(=O)N([C@@H](CC)CO)C(C(=O)N(CC=C)CCCCC)C23CC[C@]1(C)S3. The van der Waals surface area contributed by atoms with Crippen LogP contribution in [-0.2, 0) is 19.1 Å². The molecule has 208 valence electrons. The lowest BCUT2D eigenvalue weighted by Gasteiger charge is -2.39. The van der Waals surface area contributed by atoms with E-state index in [1.807, 2.05) is 17.9 Å². The summed E-state index contributed by atoms with van der Waals surface area (Å²) in [4.78, 5) is 45.4. The quantitative estimate of drug-likeness (QED) is 0.180. The number of ether oxygens (including phenoxy) is 1. The number of unbranched alkanes of at least 4 members (excludes halogenated alkanes) is 4. The number of allylic oxidation sites excluding steroid dienone is 1. The molecule has 0 saturated carbocycles. The van der Waals surface area contributed by atoms with Crippen LogP contribution in [0.4, 0.5) is 0 Å². The predicted molar refractivity (Wildman–Crippen MR) is 148 cm³/mol. The predicted octanol–water partition coefficient (Wildman–Crippen LogP) is 4.34. The molecule has 2 unspecified atom stereocenters. The third-order valence-electron chi connectivity index (χ3n) is 8.52. The van der Waals surface area contributed by atoms with Gasteiger partial charge in [0.15, 0.2) is 0 Å². The van der Waals surface area contributed by atoms with Gasteiger partial charge in [0.1, 0.15) is 6.04 Å². The first-order chi connectivity index (χ1) is 17.8. The first-order valence-corrected chi connectivity index (χ1v) is 14.9. The summed E-state index contributed by atoms with van der Waals surface area (Å²) in [5.41, 5.74) is 0. The molecule has 3 saturated heterocycles. The van der Waals surface area contributed by atoms with Crippen molar-refractivity contribution in [2.45, 2.75) is 100 Å². The molecule has 37 heavy (non-hydrogen) atoms. The number of nitrogens with zero attached hydrogens (tertiary/aromatic N) is 2. The molecule has 3 heterocycles. The van der Waals surface area contributed by atoms with Gasteiger partial charge in [-0.1, -0.05) is 38.8 Å². The Bertz CT molecular complexity index is 861. The van der Waals surface area contributed by atoms with Gasteiger partial charge in [0.25, 0.3) is 0 Å². The highest BCUT2D eigenvalue weighted by atomic mass is 32.2. The fourth-order valence-electron chi connectivity index (χ4n) is 6.63. The van der Waals surface area contributed by atoms with E-state index in [4.69, 9.17) is 4.74 Å². The van der Waals surface area contributed by atoms with Crippen LogP contribution >= 0.6 is 11.8 Å². The summed E-state index contributed by atoms with van der Waals surface area (Å²) in [5, 5.41) is 10.2. The number of carbonyl (C=O) groups is 3. The molecular formula is C29H46N2O5S. The van der Waals surface area contributed by atoms with Gasteiger partial charge in [-0.2, -0.15) is 0 Å². The molecule has 8 heteroatoms. The fraction of sp³-hybridized carbons (Fsp3) is 0.759. The molecule has 2 amide bonds. The van der Waals surface area contributed by atoms with Crippen LogP contribution in [0.3, 0.4) is 0 Å². The Balaban J connectivity index is 1.96. The van der Waals surface area contributed by atoms with E-state index in [1.54, 1.807) is 22.7 Å². The molecular weight excluding hydrogens is 488 g/mol.